The van der Waals surface area contributed by atoms with Gasteiger partial charge in [-0.25, -0.2) is 0 Å². The van der Waals surface area contributed by atoms with Crippen LogP contribution in [0.3, 0.4) is 0 Å². The molecule has 3 rings (SSSR count). The molecular weight excluding hydrogens is 214 g/mol. The summed E-state index contributed by atoms with van der Waals surface area (Å²) in [5, 5.41) is 3.30. The summed E-state index contributed by atoms with van der Waals surface area (Å²) in [6.45, 7) is 1.66. The van der Waals surface area contributed by atoms with E-state index in [0.29, 0.717) is 6.61 Å². The van der Waals surface area contributed by atoms with Crippen molar-refractivity contribution in [3.8, 4) is 5.75 Å². The van der Waals surface area contributed by atoms with Crippen LogP contribution in [-0.4, -0.2) is 25.0 Å². The van der Waals surface area contributed by atoms with Gasteiger partial charge in [0.05, 0.1) is 18.2 Å². The summed E-state index contributed by atoms with van der Waals surface area (Å²) in [6.07, 6.45) is 4.18. The van der Waals surface area contributed by atoms with E-state index in [2.05, 4.69) is 5.32 Å². The molecule has 2 aliphatic heterocycles. The third-order valence-corrected chi connectivity index (χ3v) is 3.61. The molecule has 90 valence electrons. The Balaban J connectivity index is 1.88. The van der Waals surface area contributed by atoms with Crippen molar-refractivity contribution >= 4 is 5.78 Å². The van der Waals surface area contributed by atoms with Gasteiger partial charge in [0, 0.05) is 6.42 Å². The molecule has 17 heavy (non-hydrogen) atoms. The summed E-state index contributed by atoms with van der Waals surface area (Å²) in [7, 11) is 0. The second kappa shape index (κ2) is 4.49. The number of hydrogen-bond donors (Lipinski definition) is 1. The maximum absolute atomic E-state index is 12.4. The quantitative estimate of drug-likeness (QED) is 0.791. The van der Waals surface area contributed by atoms with E-state index in [9.17, 15) is 4.79 Å². The summed E-state index contributed by atoms with van der Waals surface area (Å²) in [6, 6.07) is 5.89. The zero-order valence-corrected chi connectivity index (χ0v) is 9.87. The molecule has 1 saturated heterocycles. The molecule has 1 fully saturated rings. The highest BCUT2D eigenvalue weighted by Crippen LogP contribution is 2.30. The van der Waals surface area contributed by atoms with Crippen LogP contribution in [-0.2, 0) is 6.42 Å². The van der Waals surface area contributed by atoms with Gasteiger partial charge in [0.1, 0.15) is 5.75 Å². The standard InChI is InChI=1S/C14H17NO2/c16-13(12-6-1-2-8-15-12)11-5-3-4-10-7-9-17-14(10)11/h3-5,12,15H,1-2,6-9H2. The van der Waals surface area contributed by atoms with E-state index in [-0.39, 0.29) is 11.8 Å². The molecule has 0 saturated carbocycles. The number of piperidine rings is 1. The number of ether oxygens (including phenoxy) is 1. The van der Waals surface area contributed by atoms with Gasteiger partial charge < -0.3 is 10.1 Å². The number of ketones is 1. The van der Waals surface area contributed by atoms with Gasteiger partial charge in [0.15, 0.2) is 5.78 Å². The lowest BCUT2D eigenvalue weighted by Gasteiger charge is -2.22. The molecule has 0 aliphatic carbocycles. The van der Waals surface area contributed by atoms with Gasteiger partial charge in [-0.05, 0) is 31.0 Å². The first-order valence-corrected chi connectivity index (χ1v) is 6.38. The molecule has 0 amide bonds. The first kappa shape index (κ1) is 10.8. The molecule has 0 spiro atoms. The number of benzene rings is 1. The normalized spacial score (nSPS) is 22.9. The van der Waals surface area contributed by atoms with Gasteiger partial charge in [-0.3, -0.25) is 4.79 Å². The summed E-state index contributed by atoms with van der Waals surface area (Å²) in [5.41, 5.74) is 1.94. The number of carbonyl (C=O) groups is 1. The molecule has 3 nitrogen and oxygen atoms in total. The van der Waals surface area contributed by atoms with Crippen molar-refractivity contribution < 1.29 is 9.53 Å². The van der Waals surface area contributed by atoms with Crippen molar-refractivity contribution in [3.63, 3.8) is 0 Å². The lowest BCUT2D eigenvalue weighted by Crippen LogP contribution is -2.40. The second-order valence-corrected chi connectivity index (χ2v) is 4.76. The number of Topliss-reactive ketones (excluding diaryl/α,β-unsaturated/α-hetero) is 1. The van der Waals surface area contributed by atoms with E-state index < -0.39 is 0 Å². The molecule has 1 unspecified atom stereocenters. The average Bonchev–Trinajstić information content (AvgIpc) is 2.87. The van der Waals surface area contributed by atoms with Gasteiger partial charge >= 0.3 is 0 Å². The van der Waals surface area contributed by atoms with Gasteiger partial charge in [-0.1, -0.05) is 18.6 Å². The van der Waals surface area contributed by atoms with E-state index in [1.165, 1.54) is 12.0 Å². The van der Waals surface area contributed by atoms with Crippen molar-refractivity contribution in [1.29, 1.82) is 0 Å². The van der Waals surface area contributed by atoms with E-state index in [1.54, 1.807) is 0 Å². The Morgan fingerprint density at radius 3 is 3.12 bits per heavy atom. The SMILES string of the molecule is O=C(c1cccc2c1OCC2)C1CCCCN1. The van der Waals surface area contributed by atoms with Crippen molar-refractivity contribution in [3.05, 3.63) is 29.3 Å². The molecule has 1 aromatic carbocycles. The van der Waals surface area contributed by atoms with Crippen molar-refractivity contribution in [2.24, 2.45) is 0 Å². The molecule has 1 aromatic rings. The van der Waals surface area contributed by atoms with Crippen LogP contribution in [0.1, 0.15) is 35.2 Å². The van der Waals surface area contributed by atoms with Gasteiger partial charge in [0.2, 0.25) is 0 Å². The monoisotopic (exact) mass is 231 g/mol. The fraction of sp³-hybridized carbons (Fsp3) is 0.500. The Hall–Kier alpha value is -1.35. The zero-order valence-electron chi connectivity index (χ0n) is 9.87. The second-order valence-electron chi connectivity index (χ2n) is 4.76. The summed E-state index contributed by atoms with van der Waals surface area (Å²) >= 11 is 0. The number of carbonyl (C=O) groups excluding carboxylic acids is 1. The summed E-state index contributed by atoms with van der Waals surface area (Å²) in [4.78, 5) is 12.4. The van der Waals surface area contributed by atoms with E-state index in [4.69, 9.17) is 4.74 Å². The van der Waals surface area contributed by atoms with Crippen molar-refractivity contribution in [2.45, 2.75) is 31.7 Å². The minimum atomic E-state index is -0.0144. The molecule has 0 radical (unpaired) electrons. The molecule has 2 heterocycles. The Kier molecular flexibility index (Phi) is 2.85. The van der Waals surface area contributed by atoms with Crippen LogP contribution in [0.5, 0.6) is 5.75 Å². The minimum Gasteiger partial charge on any atom is -0.492 e. The third kappa shape index (κ3) is 1.95. The fourth-order valence-corrected chi connectivity index (χ4v) is 2.67. The highest BCUT2D eigenvalue weighted by atomic mass is 16.5. The van der Waals surface area contributed by atoms with Gasteiger partial charge in [0.25, 0.3) is 0 Å². The molecule has 1 N–H and O–H groups in total. The van der Waals surface area contributed by atoms with Crippen LogP contribution in [0.15, 0.2) is 18.2 Å². The minimum absolute atomic E-state index is 0.0144. The zero-order chi connectivity index (χ0) is 11.7. The molecule has 3 heteroatoms. The molecule has 2 aliphatic rings. The van der Waals surface area contributed by atoms with Crippen LogP contribution in [0.25, 0.3) is 0 Å². The number of para-hydroxylation sites is 1. The van der Waals surface area contributed by atoms with Crippen LogP contribution < -0.4 is 10.1 Å². The van der Waals surface area contributed by atoms with Crippen molar-refractivity contribution in [1.82, 2.24) is 5.32 Å². The third-order valence-electron chi connectivity index (χ3n) is 3.61. The van der Waals surface area contributed by atoms with E-state index >= 15 is 0 Å². The first-order valence-electron chi connectivity index (χ1n) is 6.38. The van der Waals surface area contributed by atoms with Crippen LogP contribution in [0.4, 0.5) is 0 Å². The molecular formula is C14H17NO2. The van der Waals surface area contributed by atoms with E-state index in [1.807, 2.05) is 18.2 Å². The molecule has 0 aromatic heterocycles. The van der Waals surface area contributed by atoms with Gasteiger partial charge in [-0.15, -0.1) is 0 Å². The summed E-state index contributed by atoms with van der Waals surface area (Å²) in [5.74, 6) is 1.02. The number of nitrogens with one attached hydrogen (secondary N) is 1. The maximum Gasteiger partial charge on any atom is 0.183 e. The van der Waals surface area contributed by atoms with E-state index in [0.717, 1.165) is 37.1 Å². The van der Waals surface area contributed by atoms with Crippen LogP contribution in [0, 0.1) is 0 Å². The number of fused-ring (bicyclic) bond motifs is 1. The fourth-order valence-electron chi connectivity index (χ4n) is 2.67. The van der Waals surface area contributed by atoms with Crippen LogP contribution in [0.2, 0.25) is 0 Å². The highest BCUT2D eigenvalue weighted by Gasteiger charge is 2.27. The Bertz CT molecular complexity index is 436. The predicted octanol–water partition coefficient (Wildman–Crippen LogP) is 1.95. The largest absolute Gasteiger partial charge is 0.492 e. The van der Waals surface area contributed by atoms with Crippen LogP contribution >= 0.6 is 0 Å². The highest BCUT2D eigenvalue weighted by molar-refractivity contribution is 6.02. The number of rotatable bonds is 2. The lowest BCUT2D eigenvalue weighted by atomic mass is 9.95. The Morgan fingerprint density at radius 1 is 1.35 bits per heavy atom. The average molecular weight is 231 g/mol. The number of hydrogen-bond acceptors (Lipinski definition) is 3. The predicted molar refractivity (Wildman–Crippen MR) is 65.6 cm³/mol. The Labute approximate surface area is 101 Å². The maximum atomic E-state index is 12.4. The van der Waals surface area contributed by atoms with Crippen molar-refractivity contribution in [2.75, 3.05) is 13.2 Å². The van der Waals surface area contributed by atoms with Gasteiger partial charge in [-0.2, -0.15) is 0 Å². The lowest BCUT2D eigenvalue weighted by molar-refractivity contribution is 0.0924. The topological polar surface area (TPSA) is 38.3 Å². The first-order chi connectivity index (χ1) is 8.36. The molecule has 0 bridgehead atoms. The molecule has 1 atom stereocenters. The summed E-state index contributed by atoms with van der Waals surface area (Å²) < 4.78 is 5.59. The smallest absolute Gasteiger partial charge is 0.183 e. The Morgan fingerprint density at radius 2 is 2.29 bits per heavy atom.